The first-order valence-corrected chi connectivity index (χ1v) is 8.72. The molecule has 12 nitrogen and oxygen atoms in total. The van der Waals surface area contributed by atoms with E-state index in [2.05, 4.69) is 16.0 Å². The van der Waals surface area contributed by atoms with Gasteiger partial charge in [0.05, 0.1) is 19.1 Å². The normalized spacial score (nSPS) is 16.0. The van der Waals surface area contributed by atoms with Crippen molar-refractivity contribution in [1.29, 1.82) is 0 Å². The van der Waals surface area contributed by atoms with Crippen LogP contribution >= 0.6 is 0 Å². The summed E-state index contributed by atoms with van der Waals surface area (Å²) in [4.78, 5) is 58.5. The summed E-state index contributed by atoms with van der Waals surface area (Å²) in [5.41, 5.74) is 10.5. The second kappa shape index (κ2) is 11.9. The number of hydrogen-bond donors (Lipinski definition) is 7. The summed E-state index contributed by atoms with van der Waals surface area (Å²) >= 11 is 0. The Kier molecular flexibility index (Phi) is 10.7. The number of aliphatic carboxylic acids is 1. The molecule has 0 heterocycles. The average Bonchev–Trinajstić information content (AvgIpc) is 2.61. The summed E-state index contributed by atoms with van der Waals surface area (Å²) in [6, 6.07) is -3.88. The van der Waals surface area contributed by atoms with Gasteiger partial charge in [0.25, 0.3) is 0 Å². The highest BCUT2D eigenvalue weighted by Crippen LogP contribution is 2.08. The largest absolute Gasteiger partial charge is 0.480 e. The second-order valence-electron chi connectivity index (χ2n) is 6.48. The van der Waals surface area contributed by atoms with E-state index in [1.165, 1.54) is 6.92 Å². The monoisotopic (exact) mass is 403 g/mol. The van der Waals surface area contributed by atoms with Crippen LogP contribution in [0.15, 0.2) is 0 Å². The maximum absolute atomic E-state index is 12.3. The zero-order valence-electron chi connectivity index (χ0n) is 16.1. The van der Waals surface area contributed by atoms with E-state index in [0.29, 0.717) is 6.42 Å². The number of nitrogens with one attached hydrogen (secondary N) is 3. The molecule has 0 fully saturated rings. The van der Waals surface area contributed by atoms with Crippen molar-refractivity contribution < 1.29 is 34.2 Å². The molecule has 28 heavy (non-hydrogen) atoms. The lowest BCUT2D eigenvalue weighted by molar-refractivity contribution is -0.144. The molecule has 0 aromatic rings. The fourth-order valence-electron chi connectivity index (χ4n) is 2.10. The van der Waals surface area contributed by atoms with Gasteiger partial charge in [0.2, 0.25) is 23.6 Å². The summed E-state index contributed by atoms with van der Waals surface area (Å²) in [7, 11) is 0. The Labute approximate surface area is 162 Å². The lowest BCUT2D eigenvalue weighted by atomic mass is 9.98. The third-order valence-corrected chi connectivity index (χ3v) is 4.08. The molecular formula is C16H29N5O7. The summed E-state index contributed by atoms with van der Waals surface area (Å²) in [6.07, 6.45) is -1.23. The van der Waals surface area contributed by atoms with Gasteiger partial charge in [-0.05, 0) is 12.8 Å². The number of aliphatic hydroxyl groups excluding tert-OH is 1. The van der Waals surface area contributed by atoms with Crippen molar-refractivity contribution >= 4 is 29.6 Å². The molecule has 0 rings (SSSR count). The van der Waals surface area contributed by atoms with Crippen LogP contribution in [0.25, 0.3) is 0 Å². The van der Waals surface area contributed by atoms with Gasteiger partial charge in [-0.2, -0.15) is 0 Å². The smallest absolute Gasteiger partial charge is 0.326 e. The molecule has 12 heteroatoms. The lowest BCUT2D eigenvalue weighted by Gasteiger charge is -2.24. The molecule has 0 bridgehead atoms. The SMILES string of the molecule is CCC(C)C(NC(=O)C(CC(N)=O)NC(=O)CNC(=O)C(N)C(C)O)C(=O)O. The Morgan fingerprint density at radius 2 is 1.61 bits per heavy atom. The minimum Gasteiger partial charge on any atom is -0.480 e. The fraction of sp³-hybridized carbons (Fsp3) is 0.688. The van der Waals surface area contributed by atoms with Crippen LogP contribution in [0.4, 0.5) is 0 Å². The third-order valence-electron chi connectivity index (χ3n) is 4.08. The van der Waals surface area contributed by atoms with Crippen molar-refractivity contribution in [2.45, 2.75) is 57.8 Å². The van der Waals surface area contributed by atoms with E-state index in [1.54, 1.807) is 13.8 Å². The van der Waals surface area contributed by atoms with E-state index in [1.807, 2.05) is 0 Å². The van der Waals surface area contributed by atoms with E-state index in [-0.39, 0.29) is 0 Å². The molecule has 9 N–H and O–H groups in total. The number of amides is 4. The van der Waals surface area contributed by atoms with E-state index in [0.717, 1.165) is 0 Å². The van der Waals surface area contributed by atoms with E-state index in [9.17, 15) is 34.2 Å². The van der Waals surface area contributed by atoms with Crippen LogP contribution in [0.5, 0.6) is 0 Å². The predicted molar refractivity (Wildman–Crippen MR) is 97.4 cm³/mol. The highest BCUT2D eigenvalue weighted by atomic mass is 16.4. The lowest BCUT2D eigenvalue weighted by Crippen LogP contribution is -2.56. The minimum atomic E-state index is -1.42. The number of primary amides is 1. The van der Waals surface area contributed by atoms with Crippen molar-refractivity contribution in [3.8, 4) is 0 Å². The molecule has 160 valence electrons. The molecule has 5 atom stereocenters. The van der Waals surface area contributed by atoms with Gasteiger partial charge in [-0.1, -0.05) is 20.3 Å². The molecule has 0 aliphatic carbocycles. The number of aliphatic hydroxyl groups is 1. The van der Waals surface area contributed by atoms with Gasteiger partial charge in [-0.25, -0.2) is 4.79 Å². The summed E-state index contributed by atoms with van der Waals surface area (Å²) in [5, 5.41) is 25.1. The van der Waals surface area contributed by atoms with Gasteiger partial charge in [0, 0.05) is 0 Å². The van der Waals surface area contributed by atoms with Gasteiger partial charge in [0.1, 0.15) is 18.1 Å². The van der Waals surface area contributed by atoms with Crippen molar-refractivity contribution in [2.24, 2.45) is 17.4 Å². The number of carboxylic acids is 1. The molecule has 0 aliphatic heterocycles. The zero-order valence-corrected chi connectivity index (χ0v) is 16.1. The van der Waals surface area contributed by atoms with Gasteiger partial charge in [-0.15, -0.1) is 0 Å². The molecule has 0 aliphatic rings. The van der Waals surface area contributed by atoms with Crippen LogP contribution < -0.4 is 27.4 Å². The first-order valence-electron chi connectivity index (χ1n) is 8.72. The standard InChI is InChI=1S/C16H29N5O7/c1-4-7(2)13(16(27)28)21-14(25)9(5-10(17)23)20-11(24)6-19-15(26)12(18)8(3)22/h7-9,12-13,22H,4-6,18H2,1-3H3,(H2,17,23)(H,19,26)(H,20,24)(H,21,25)(H,27,28). The van der Waals surface area contributed by atoms with Crippen LogP contribution in [0.1, 0.15) is 33.6 Å². The fourth-order valence-corrected chi connectivity index (χ4v) is 2.10. The Morgan fingerprint density at radius 3 is 2.04 bits per heavy atom. The molecule has 5 unspecified atom stereocenters. The van der Waals surface area contributed by atoms with Gasteiger partial charge in [0.15, 0.2) is 0 Å². The quantitative estimate of drug-likeness (QED) is 0.175. The Bertz CT molecular complexity index is 596. The van der Waals surface area contributed by atoms with Crippen LogP contribution in [-0.4, -0.2) is 70.6 Å². The number of carboxylic acid groups (broad SMARTS) is 1. The molecule has 0 aromatic carbocycles. The first kappa shape index (κ1) is 25.3. The third kappa shape index (κ3) is 8.77. The van der Waals surface area contributed by atoms with Crippen LogP contribution in [0, 0.1) is 5.92 Å². The first-order chi connectivity index (χ1) is 12.9. The Hall–Kier alpha value is -2.73. The van der Waals surface area contributed by atoms with Crippen LogP contribution in [0.3, 0.4) is 0 Å². The number of nitrogens with two attached hydrogens (primary N) is 2. The van der Waals surface area contributed by atoms with E-state index >= 15 is 0 Å². The summed E-state index contributed by atoms with van der Waals surface area (Å²) < 4.78 is 0. The zero-order chi connectivity index (χ0) is 22.0. The summed E-state index contributed by atoms with van der Waals surface area (Å²) in [5.74, 6) is -5.06. The molecular weight excluding hydrogens is 374 g/mol. The predicted octanol–water partition coefficient (Wildman–Crippen LogP) is -3.21. The van der Waals surface area contributed by atoms with Crippen LogP contribution in [-0.2, 0) is 24.0 Å². The molecule has 0 aromatic heterocycles. The Balaban J connectivity index is 4.99. The number of hydrogen-bond acceptors (Lipinski definition) is 7. The maximum atomic E-state index is 12.3. The Morgan fingerprint density at radius 1 is 1.04 bits per heavy atom. The van der Waals surface area contributed by atoms with Crippen molar-refractivity contribution in [2.75, 3.05) is 6.54 Å². The molecule has 0 saturated heterocycles. The van der Waals surface area contributed by atoms with Gasteiger partial charge in [-0.3, -0.25) is 19.2 Å². The number of carbonyl (C=O) groups excluding carboxylic acids is 4. The minimum absolute atomic E-state index is 0.396. The van der Waals surface area contributed by atoms with Gasteiger partial charge < -0.3 is 37.6 Å². The topological polar surface area (TPSA) is 214 Å². The maximum Gasteiger partial charge on any atom is 0.326 e. The van der Waals surface area contributed by atoms with Gasteiger partial charge >= 0.3 is 5.97 Å². The van der Waals surface area contributed by atoms with E-state index in [4.69, 9.17) is 11.5 Å². The molecule has 4 amide bonds. The molecule has 0 radical (unpaired) electrons. The second-order valence-corrected chi connectivity index (χ2v) is 6.48. The van der Waals surface area contributed by atoms with Crippen molar-refractivity contribution in [3.63, 3.8) is 0 Å². The van der Waals surface area contributed by atoms with E-state index < -0.39 is 72.7 Å². The number of carbonyl (C=O) groups is 5. The van der Waals surface area contributed by atoms with Crippen molar-refractivity contribution in [1.82, 2.24) is 16.0 Å². The molecule has 0 saturated carbocycles. The van der Waals surface area contributed by atoms with Crippen LogP contribution in [0.2, 0.25) is 0 Å². The number of rotatable bonds is 12. The highest BCUT2D eigenvalue weighted by molar-refractivity contribution is 5.95. The molecule has 0 spiro atoms. The summed E-state index contributed by atoms with van der Waals surface area (Å²) in [6.45, 7) is 4.10. The van der Waals surface area contributed by atoms with Crippen molar-refractivity contribution in [3.05, 3.63) is 0 Å². The highest BCUT2D eigenvalue weighted by Gasteiger charge is 2.30. The average molecular weight is 403 g/mol.